The van der Waals surface area contributed by atoms with Crippen molar-refractivity contribution in [1.82, 2.24) is 16.2 Å². The highest BCUT2D eigenvalue weighted by atomic mass is 32.1. The minimum absolute atomic E-state index is 0.00530. The molecule has 1 aromatic carbocycles. The highest BCUT2D eigenvalue weighted by Gasteiger charge is 2.10. The van der Waals surface area contributed by atoms with E-state index < -0.39 is 0 Å². The summed E-state index contributed by atoms with van der Waals surface area (Å²) >= 11 is 6.25. The van der Waals surface area contributed by atoms with Crippen LogP contribution in [0.15, 0.2) is 41.8 Å². The van der Waals surface area contributed by atoms with Crippen LogP contribution in [0.25, 0.3) is 0 Å². The summed E-state index contributed by atoms with van der Waals surface area (Å²) in [6.45, 7) is 0. The Morgan fingerprint density at radius 1 is 1.09 bits per heavy atom. The van der Waals surface area contributed by atoms with E-state index in [2.05, 4.69) is 16.2 Å². The van der Waals surface area contributed by atoms with Gasteiger partial charge in [-0.2, -0.15) is 0 Å². The third-order valence-corrected chi connectivity index (χ3v) is 3.69. The van der Waals surface area contributed by atoms with Gasteiger partial charge < -0.3 is 4.74 Å². The third-order valence-electron chi connectivity index (χ3n) is 2.61. The molecule has 0 aliphatic rings. The van der Waals surface area contributed by atoms with Crippen LogP contribution in [0.2, 0.25) is 0 Å². The minimum Gasteiger partial charge on any atom is -0.497 e. The van der Waals surface area contributed by atoms with E-state index in [9.17, 15) is 9.59 Å². The topological polar surface area (TPSA) is 79.5 Å². The number of benzene rings is 1. The molecule has 3 N–H and O–H groups in total. The second-order valence-corrected chi connectivity index (χ2v) is 5.42. The summed E-state index contributed by atoms with van der Waals surface area (Å²) in [6.07, 6.45) is 0. The molecular formula is C14H13N3O3S2. The average molecular weight is 335 g/mol. The Bertz CT molecular complexity index is 669. The first-order chi connectivity index (χ1) is 10.6. The molecule has 2 aromatic rings. The molecule has 2 rings (SSSR count). The number of ether oxygens (including phenoxy) is 1. The van der Waals surface area contributed by atoms with Crippen LogP contribution < -0.4 is 20.9 Å². The lowest BCUT2D eigenvalue weighted by atomic mass is 10.2. The van der Waals surface area contributed by atoms with Gasteiger partial charge in [-0.05, 0) is 47.9 Å². The number of rotatable bonds is 3. The van der Waals surface area contributed by atoms with E-state index in [1.807, 2.05) is 0 Å². The Morgan fingerprint density at radius 3 is 2.41 bits per heavy atom. The molecule has 2 amide bonds. The number of amides is 2. The maximum absolute atomic E-state index is 11.9. The SMILES string of the molecule is COc1ccc(C(=O)NC(=S)NNC(=O)c2cccs2)cc1. The van der Waals surface area contributed by atoms with Gasteiger partial charge in [-0.15, -0.1) is 11.3 Å². The molecule has 0 aliphatic heterocycles. The summed E-state index contributed by atoms with van der Waals surface area (Å²) in [5.74, 6) is -0.0537. The lowest BCUT2D eigenvalue weighted by molar-refractivity contribution is 0.0938. The minimum atomic E-state index is -0.384. The van der Waals surface area contributed by atoms with Crippen molar-refractivity contribution >= 4 is 40.5 Å². The number of hydrazine groups is 1. The first-order valence-electron chi connectivity index (χ1n) is 6.19. The van der Waals surface area contributed by atoms with Crippen molar-refractivity contribution in [3.63, 3.8) is 0 Å². The number of hydrogen-bond acceptors (Lipinski definition) is 5. The fraction of sp³-hybridized carbons (Fsp3) is 0.0714. The second kappa shape index (κ2) is 7.53. The third kappa shape index (κ3) is 4.27. The van der Waals surface area contributed by atoms with Gasteiger partial charge in [0, 0.05) is 5.56 Å². The Labute approximate surface area is 136 Å². The Kier molecular flexibility index (Phi) is 5.45. The molecule has 0 radical (unpaired) electrons. The monoisotopic (exact) mass is 335 g/mol. The van der Waals surface area contributed by atoms with E-state index in [1.165, 1.54) is 11.3 Å². The Hall–Kier alpha value is -2.45. The number of carbonyl (C=O) groups excluding carboxylic acids is 2. The predicted octanol–water partition coefficient (Wildman–Crippen LogP) is 1.71. The molecule has 6 nitrogen and oxygen atoms in total. The van der Waals surface area contributed by atoms with Gasteiger partial charge in [0.1, 0.15) is 5.75 Å². The number of methoxy groups -OCH3 is 1. The standard InChI is InChI=1S/C14H13N3O3S2/c1-20-10-6-4-9(5-7-10)12(18)15-14(21)17-16-13(19)11-3-2-8-22-11/h2-8H,1H3,(H,16,19)(H2,15,17,18,21). The van der Waals surface area contributed by atoms with Gasteiger partial charge in [0.25, 0.3) is 11.8 Å². The molecule has 0 fully saturated rings. The molecule has 0 spiro atoms. The molecular weight excluding hydrogens is 322 g/mol. The largest absolute Gasteiger partial charge is 0.497 e. The van der Waals surface area contributed by atoms with Crippen molar-refractivity contribution < 1.29 is 14.3 Å². The molecule has 22 heavy (non-hydrogen) atoms. The van der Waals surface area contributed by atoms with E-state index in [-0.39, 0.29) is 16.9 Å². The van der Waals surface area contributed by atoms with E-state index in [4.69, 9.17) is 17.0 Å². The molecule has 8 heteroatoms. The zero-order valence-electron chi connectivity index (χ0n) is 11.6. The van der Waals surface area contributed by atoms with Gasteiger partial charge in [0.2, 0.25) is 0 Å². The lowest BCUT2D eigenvalue weighted by Crippen LogP contribution is -2.48. The number of thiophene rings is 1. The summed E-state index contributed by atoms with van der Waals surface area (Å²) in [7, 11) is 1.55. The zero-order valence-corrected chi connectivity index (χ0v) is 13.2. The number of thiocarbonyl (C=S) groups is 1. The quantitative estimate of drug-likeness (QED) is 0.588. The van der Waals surface area contributed by atoms with Crippen LogP contribution in [0.1, 0.15) is 20.0 Å². The summed E-state index contributed by atoms with van der Waals surface area (Å²) < 4.78 is 5.01. The van der Waals surface area contributed by atoms with Crippen LogP contribution in [-0.2, 0) is 0 Å². The van der Waals surface area contributed by atoms with Crippen molar-refractivity contribution in [1.29, 1.82) is 0 Å². The molecule has 1 heterocycles. The van der Waals surface area contributed by atoms with E-state index in [0.717, 1.165) is 0 Å². The van der Waals surface area contributed by atoms with Crippen LogP contribution in [0.3, 0.4) is 0 Å². The average Bonchev–Trinajstić information content (AvgIpc) is 3.07. The van der Waals surface area contributed by atoms with Crippen LogP contribution in [0.4, 0.5) is 0 Å². The highest BCUT2D eigenvalue weighted by Crippen LogP contribution is 2.11. The summed E-state index contributed by atoms with van der Waals surface area (Å²) in [4.78, 5) is 24.2. The molecule has 0 saturated carbocycles. The molecule has 0 unspecified atom stereocenters. The summed E-state index contributed by atoms with van der Waals surface area (Å²) in [6, 6.07) is 10.0. The van der Waals surface area contributed by atoms with Crippen LogP contribution in [-0.4, -0.2) is 24.0 Å². The molecule has 114 valence electrons. The lowest BCUT2D eigenvalue weighted by Gasteiger charge is -2.10. The van der Waals surface area contributed by atoms with Crippen molar-refractivity contribution in [2.45, 2.75) is 0 Å². The number of nitrogens with one attached hydrogen (secondary N) is 3. The van der Waals surface area contributed by atoms with Gasteiger partial charge in [-0.25, -0.2) is 0 Å². The van der Waals surface area contributed by atoms with Crippen LogP contribution in [0.5, 0.6) is 5.75 Å². The van der Waals surface area contributed by atoms with Crippen molar-refractivity contribution in [3.05, 3.63) is 52.2 Å². The van der Waals surface area contributed by atoms with Gasteiger partial charge in [-0.1, -0.05) is 6.07 Å². The molecule has 0 bridgehead atoms. The summed E-state index contributed by atoms with van der Waals surface area (Å²) in [5.41, 5.74) is 5.31. The van der Waals surface area contributed by atoms with E-state index in [1.54, 1.807) is 48.9 Å². The fourth-order valence-corrected chi connectivity index (χ4v) is 2.29. The first-order valence-corrected chi connectivity index (χ1v) is 7.48. The number of hydrogen-bond donors (Lipinski definition) is 3. The zero-order chi connectivity index (χ0) is 15.9. The molecule has 0 atom stereocenters. The van der Waals surface area contributed by atoms with Crippen LogP contribution >= 0.6 is 23.6 Å². The summed E-state index contributed by atoms with van der Waals surface area (Å²) in [5, 5.41) is 4.26. The van der Waals surface area contributed by atoms with E-state index >= 15 is 0 Å². The molecule has 0 aliphatic carbocycles. The van der Waals surface area contributed by atoms with Gasteiger partial charge in [0.15, 0.2) is 5.11 Å². The van der Waals surface area contributed by atoms with Gasteiger partial charge in [0.05, 0.1) is 12.0 Å². The number of carbonyl (C=O) groups is 2. The smallest absolute Gasteiger partial charge is 0.279 e. The second-order valence-electron chi connectivity index (χ2n) is 4.07. The van der Waals surface area contributed by atoms with Crippen molar-refractivity contribution in [2.75, 3.05) is 7.11 Å². The van der Waals surface area contributed by atoms with Gasteiger partial charge >= 0.3 is 0 Å². The fourth-order valence-electron chi connectivity index (χ4n) is 1.53. The first kappa shape index (κ1) is 15.9. The van der Waals surface area contributed by atoms with E-state index in [0.29, 0.717) is 16.2 Å². The molecule has 0 saturated heterocycles. The predicted molar refractivity (Wildman–Crippen MR) is 88.0 cm³/mol. The maximum atomic E-state index is 11.9. The van der Waals surface area contributed by atoms with Crippen molar-refractivity contribution in [2.24, 2.45) is 0 Å². The molecule has 1 aromatic heterocycles. The van der Waals surface area contributed by atoms with Crippen LogP contribution in [0, 0.1) is 0 Å². The Morgan fingerprint density at radius 2 is 1.82 bits per heavy atom. The maximum Gasteiger partial charge on any atom is 0.279 e. The Balaban J connectivity index is 1.83. The highest BCUT2D eigenvalue weighted by molar-refractivity contribution is 7.80. The normalized spacial score (nSPS) is 9.68. The van der Waals surface area contributed by atoms with Gasteiger partial charge in [-0.3, -0.25) is 25.8 Å². The van der Waals surface area contributed by atoms with Crippen molar-refractivity contribution in [3.8, 4) is 5.75 Å².